The van der Waals surface area contributed by atoms with Gasteiger partial charge >= 0.3 is 17.9 Å². The molecule has 0 aromatic heterocycles. The smallest absolute Gasteiger partial charge is 0.306 e. The largest absolute Gasteiger partial charge is 0.462 e. The van der Waals surface area contributed by atoms with Crippen LogP contribution in [0.3, 0.4) is 0 Å². The third-order valence-electron chi connectivity index (χ3n) is 11.8. The zero-order valence-electron chi connectivity index (χ0n) is 49.3. The van der Waals surface area contributed by atoms with Crippen molar-refractivity contribution in [1.29, 1.82) is 0 Å². The van der Waals surface area contributed by atoms with Crippen LogP contribution in [0.2, 0.25) is 0 Å². The Morgan fingerprint density at radius 3 is 0.833 bits per heavy atom. The fraction of sp³-hybridized carbons (Fsp3) is 0.514. The van der Waals surface area contributed by atoms with Crippen LogP contribution in [0.25, 0.3) is 0 Å². The van der Waals surface area contributed by atoms with Gasteiger partial charge in [-0.1, -0.05) is 247 Å². The van der Waals surface area contributed by atoms with E-state index in [0.29, 0.717) is 19.3 Å². The predicted molar refractivity (Wildman–Crippen MR) is 338 cm³/mol. The summed E-state index contributed by atoms with van der Waals surface area (Å²) in [6.07, 6.45) is 97.2. The molecule has 6 heteroatoms. The first-order valence-corrected chi connectivity index (χ1v) is 30.4. The van der Waals surface area contributed by atoms with Crippen molar-refractivity contribution in [1.82, 2.24) is 0 Å². The van der Waals surface area contributed by atoms with Crippen molar-refractivity contribution >= 4 is 17.9 Å². The zero-order valence-corrected chi connectivity index (χ0v) is 49.3. The van der Waals surface area contributed by atoms with Crippen LogP contribution in [0.4, 0.5) is 0 Å². The first-order valence-electron chi connectivity index (χ1n) is 30.4. The van der Waals surface area contributed by atoms with E-state index in [2.05, 4.69) is 215 Å². The molecule has 0 aromatic carbocycles. The lowest BCUT2D eigenvalue weighted by molar-refractivity contribution is -0.167. The Bertz CT molecular complexity index is 1900. The van der Waals surface area contributed by atoms with Crippen LogP contribution in [-0.2, 0) is 28.6 Å². The summed E-state index contributed by atoms with van der Waals surface area (Å²) < 4.78 is 16.8. The number of esters is 3. The van der Waals surface area contributed by atoms with Crippen molar-refractivity contribution in [3.05, 3.63) is 194 Å². The minimum Gasteiger partial charge on any atom is -0.462 e. The highest BCUT2D eigenvalue weighted by Gasteiger charge is 2.19. The molecule has 0 amide bonds. The molecule has 0 rings (SSSR count). The van der Waals surface area contributed by atoms with Gasteiger partial charge in [0, 0.05) is 19.3 Å². The van der Waals surface area contributed by atoms with Gasteiger partial charge in [0.1, 0.15) is 13.2 Å². The van der Waals surface area contributed by atoms with E-state index in [0.717, 1.165) is 148 Å². The van der Waals surface area contributed by atoms with E-state index in [4.69, 9.17) is 14.2 Å². The molecule has 0 heterocycles. The molecule has 6 nitrogen and oxygen atoms in total. The fourth-order valence-corrected chi connectivity index (χ4v) is 7.32. The van der Waals surface area contributed by atoms with Crippen LogP contribution < -0.4 is 0 Å². The molecule has 0 aromatic rings. The predicted octanol–water partition coefficient (Wildman–Crippen LogP) is 21.0. The maximum absolute atomic E-state index is 12.9. The van der Waals surface area contributed by atoms with Gasteiger partial charge in [-0.05, 0) is 148 Å². The third-order valence-corrected chi connectivity index (χ3v) is 11.8. The van der Waals surface area contributed by atoms with Crippen LogP contribution in [0.15, 0.2) is 194 Å². The summed E-state index contributed by atoms with van der Waals surface area (Å²) in [6, 6.07) is 0. The van der Waals surface area contributed by atoms with Gasteiger partial charge < -0.3 is 14.2 Å². The van der Waals surface area contributed by atoms with Crippen molar-refractivity contribution in [2.24, 2.45) is 0 Å². The number of carbonyl (C=O) groups is 3. The number of allylic oxidation sites excluding steroid dienone is 32. The van der Waals surface area contributed by atoms with Crippen molar-refractivity contribution < 1.29 is 28.6 Å². The number of rotatable bonds is 52. The Labute approximate surface area is 477 Å². The van der Waals surface area contributed by atoms with E-state index in [1.54, 1.807) is 0 Å². The van der Waals surface area contributed by atoms with Gasteiger partial charge in [0.2, 0.25) is 0 Å². The molecule has 0 aliphatic heterocycles. The van der Waals surface area contributed by atoms with Gasteiger partial charge in [-0.3, -0.25) is 14.4 Å². The highest BCUT2D eigenvalue weighted by molar-refractivity contribution is 5.71. The van der Waals surface area contributed by atoms with Gasteiger partial charge in [0.25, 0.3) is 0 Å². The zero-order chi connectivity index (χ0) is 56.4. The summed E-state index contributed by atoms with van der Waals surface area (Å²) in [7, 11) is 0. The molecule has 1 atom stereocenters. The number of ether oxygens (including phenoxy) is 3. The number of hydrogen-bond donors (Lipinski definition) is 0. The number of carbonyl (C=O) groups excluding carboxylic acids is 3. The molecule has 0 saturated carbocycles. The first-order chi connectivity index (χ1) is 38.5. The lowest BCUT2D eigenvalue weighted by atomic mass is 10.1. The number of hydrogen-bond acceptors (Lipinski definition) is 6. The van der Waals surface area contributed by atoms with Gasteiger partial charge in [0.05, 0.1) is 0 Å². The maximum atomic E-state index is 12.9. The third kappa shape index (κ3) is 61.1. The minimum absolute atomic E-state index is 0.137. The van der Waals surface area contributed by atoms with Gasteiger partial charge in [-0.25, -0.2) is 0 Å². The summed E-state index contributed by atoms with van der Waals surface area (Å²) >= 11 is 0. The molecule has 0 bridgehead atoms. The second kappa shape index (κ2) is 63.8. The summed E-state index contributed by atoms with van der Waals surface area (Å²) in [6.45, 7) is 6.24. The summed E-state index contributed by atoms with van der Waals surface area (Å²) in [5.41, 5.74) is 0. The van der Waals surface area contributed by atoms with Crippen molar-refractivity contribution in [2.75, 3.05) is 13.2 Å². The van der Waals surface area contributed by atoms with Gasteiger partial charge in [0.15, 0.2) is 6.10 Å². The Balaban J connectivity index is 4.56. The lowest BCUT2D eigenvalue weighted by Crippen LogP contribution is -2.30. The summed E-state index contributed by atoms with van der Waals surface area (Å²) in [5.74, 6) is -1.08. The topological polar surface area (TPSA) is 78.9 Å². The SMILES string of the molecule is CC/C=C\C/C=C\C/C=C\C/C=C\C/C=C\C/C=C\C/C=C\C/C=C\C/C=C\CCCC(=O)OCC(COC(=O)CCCCCCC/C=C\C/C=C\CCCC)OC(=O)CCC/C=C\C/C=C\C/C=C\C/C=C\C/C=C\CC. The Morgan fingerprint density at radius 2 is 0.513 bits per heavy atom. The Kier molecular flexibility index (Phi) is 59.1. The van der Waals surface area contributed by atoms with Crippen LogP contribution in [-0.4, -0.2) is 37.2 Å². The molecule has 0 radical (unpaired) electrons. The first kappa shape index (κ1) is 72.2. The average molecular weight is 1070 g/mol. The van der Waals surface area contributed by atoms with Gasteiger partial charge in [-0.2, -0.15) is 0 Å². The van der Waals surface area contributed by atoms with Crippen molar-refractivity contribution in [2.45, 2.75) is 226 Å². The number of unbranched alkanes of at least 4 members (excludes halogenated alkanes) is 9. The molecule has 0 aliphatic rings. The van der Waals surface area contributed by atoms with E-state index >= 15 is 0 Å². The van der Waals surface area contributed by atoms with Crippen molar-refractivity contribution in [3.8, 4) is 0 Å². The van der Waals surface area contributed by atoms with Gasteiger partial charge in [-0.15, -0.1) is 0 Å². The fourth-order valence-electron chi connectivity index (χ4n) is 7.32. The molecular weight excluding hydrogens is 961 g/mol. The molecule has 0 spiro atoms. The molecule has 0 N–H and O–H groups in total. The Morgan fingerprint density at radius 1 is 0.269 bits per heavy atom. The van der Waals surface area contributed by atoms with E-state index in [9.17, 15) is 14.4 Å². The Hall–Kier alpha value is -5.75. The molecule has 0 saturated heterocycles. The quantitative estimate of drug-likeness (QED) is 0.0261. The van der Waals surface area contributed by atoms with Crippen LogP contribution in [0.5, 0.6) is 0 Å². The van der Waals surface area contributed by atoms with E-state index in [1.165, 1.54) is 19.3 Å². The highest BCUT2D eigenvalue weighted by atomic mass is 16.6. The molecule has 0 fully saturated rings. The summed E-state index contributed by atoms with van der Waals surface area (Å²) in [4.78, 5) is 38.2. The maximum Gasteiger partial charge on any atom is 0.306 e. The molecule has 432 valence electrons. The average Bonchev–Trinajstić information content (AvgIpc) is 3.44. The second-order valence-corrected chi connectivity index (χ2v) is 19.1. The molecule has 1 unspecified atom stereocenters. The van der Waals surface area contributed by atoms with E-state index in [1.807, 2.05) is 0 Å². The lowest BCUT2D eigenvalue weighted by Gasteiger charge is -2.18. The minimum atomic E-state index is -0.850. The van der Waals surface area contributed by atoms with Crippen molar-refractivity contribution in [3.63, 3.8) is 0 Å². The normalized spacial score (nSPS) is 13.5. The highest BCUT2D eigenvalue weighted by Crippen LogP contribution is 2.11. The van der Waals surface area contributed by atoms with E-state index < -0.39 is 12.1 Å². The second-order valence-electron chi connectivity index (χ2n) is 19.1. The van der Waals surface area contributed by atoms with Crippen LogP contribution in [0, 0.1) is 0 Å². The summed E-state index contributed by atoms with van der Waals surface area (Å²) in [5, 5.41) is 0. The standard InChI is InChI=1S/C72H108O6/c1-4-7-10-13-16-19-22-25-28-30-31-32-33-34-35-36-37-38-39-40-41-43-44-47-50-53-56-59-62-65-71(74)77-68-69(67-76-70(73)64-61-58-55-52-49-46-27-24-21-18-15-12-9-6-3)78-72(75)66-63-60-57-54-51-48-45-42-29-26-23-20-17-14-11-8-5-2/h7-8,10-11,15-20,24-29,31-32,34-35,37-38,40-41,44-45,47-48,53-54,56-57,69H,4-6,9,12-14,21-23,30,33,36,39,42-43,46,49-52,55,58-68H2,1-3H3/b10-7-,11-8-,18-15-,19-16-,20-17-,27-24-,28-25-,29-26-,32-31-,35-34-,38-37-,41-40-,47-44-,48-45-,56-53-,57-54-. The monoisotopic (exact) mass is 1070 g/mol. The van der Waals surface area contributed by atoms with E-state index in [-0.39, 0.29) is 38.0 Å². The molecule has 0 aliphatic carbocycles. The molecule has 78 heavy (non-hydrogen) atoms. The van der Waals surface area contributed by atoms with Crippen LogP contribution in [0.1, 0.15) is 220 Å². The molecular formula is C72H108O6. The van der Waals surface area contributed by atoms with Crippen LogP contribution >= 0.6 is 0 Å².